The van der Waals surface area contributed by atoms with Crippen molar-refractivity contribution >= 4 is 28.3 Å². The summed E-state index contributed by atoms with van der Waals surface area (Å²) in [7, 11) is -1.39. The Labute approximate surface area is 148 Å². The minimum Gasteiger partial charge on any atom is -0.478 e. The highest BCUT2D eigenvalue weighted by atomic mass is 32.2. The van der Waals surface area contributed by atoms with Crippen LogP contribution in [0.15, 0.2) is 57.2 Å². The van der Waals surface area contributed by atoms with Gasteiger partial charge in [-0.25, -0.2) is 14.0 Å². The van der Waals surface area contributed by atoms with Gasteiger partial charge in [-0.05, 0) is 43.5 Å². The molecule has 0 aliphatic carbocycles. The molecule has 6 heteroatoms. The van der Waals surface area contributed by atoms with Gasteiger partial charge >= 0.3 is 5.97 Å². The number of amidine groups is 1. The molecule has 0 radical (unpaired) electrons. The Morgan fingerprint density at radius 1 is 1.04 bits per heavy atom. The number of likely N-dealkylation sites (tertiary alicyclic amines) is 1. The summed E-state index contributed by atoms with van der Waals surface area (Å²) in [4.78, 5) is 19.6. The lowest BCUT2D eigenvalue weighted by Gasteiger charge is -2.30. The molecule has 1 fully saturated rings. The van der Waals surface area contributed by atoms with Crippen molar-refractivity contribution < 1.29 is 14.1 Å². The lowest BCUT2D eigenvalue weighted by atomic mass is 10.1. The SMILES string of the molecule is O=C(O)c1ccc2c(c1)N=C(N1CCCCC1)c1ccccc1S2=O. The van der Waals surface area contributed by atoms with E-state index in [-0.39, 0.29) is 5.56 Å². The highest BCUT2D eigenvalue weighted by Gasteiger charge is 2.26. The fourth-order valence-corrected chi connectivity index (χ4v) is 4.63. The number of benzene rings is 2. The Morgan fingerprint density at radius 3 is 2.56 bits per heavy atom. The Kier molecular flexibility index (Phi) is 4.13. The zero-order valence-corrected chi connectivity index (χ0v) is 14.5. The molecule has 2 aromatic rings. The first kappa shape index (κ1) is 16.0. The molecule has 0 bridgehead atoms. The highest BCUT2D eigenvalue weighted by Crippen LogP contribution is 2.34. The largest absolute Gasteiger partial charge is 0.478 e. The van der Waals surface area contributed by atoms with Crippen LogP contribution in [0.4, 0.5) is 5.69 Å². The lowest BCUT2D eigenvalue weighted by Crippen LogP contribution is -2.36. The summed E-state index contributed by atoms with van der Waals surface area (Å²) in [5.74, 6) is -0.213. The summed E-state index contributed by atoms with van der Waals surface area (Å²) in [5, 5.41) is 9.28. The Bertz CT molecular complexity index is 901. The van der Waals surface area contributed by atoms with Crippen LogP contribution < -0.4 is 0 Å². The minimum absolute atomic E-state index is 0.156. The third-order valence-electron chi connectivity index (χ3n) is 4.62. The van der Waals surface area contributed by atoms with E-state index in [9.17, 15) is 14.1 Å². The maximum atomic E-state index is 13.1. The number of hydrogen-bond acceptors (Lipinski definition) is 4. The second-order valence-electron chi connectivity index (χ2n) is 6.24. The number of carboxylic acids is 1. The third kappa shape index (κ3) is 2.87. The lowest BCUT2D eigenvalue weighted by molar-refractivity contribution is 0.0697. The predicted molar refractivity (Wildman–Crippen MR) is 96.1 cm³/mol. The fourth-order valence-electron chi connectivity index (χ4n) is 3.35. The topological polar surface area (TPSA) is 70.0 Å². The summed E-state index contributed by atoms with van der Waals surface area (Å²) in [6.07, 6.45) is 3.41. The first-order valence-electron chi connectivity index (χ1n) is 8.37. The van der Waals surface area contributed by atoms with Gasteiger partial charge in [-0.1, -0.05) is 18.2 Å². The van der Waals surface area contributed by atoms with Gasteiger partial charge in [-0.2, -0.15) is 0 Å². The zero-order chi connectivity index (χ0) is 17.4. The molecule has 4 rings (SSSR count). The van der Waals surface area contributed by atoms with Crippen LogP contribution in [0.1, 0.15) is 35.2 Å². The first-order valence-corrected chi connectivity index (χ1v) is 9.52. The van der Waals surface area contributed by atoms with Crippen LogP contribution in [0.25, 0.3) is 0 Å². The van der Waals surface area contributed by atoms with E-state index < -0.39 is 16.8 Å². The van der Waals surface area contributed by atoms with Gasteiger partial charge in [-0.15, -0.1) is 0 Å². The number of hydrogen-bond donors (Lipinski definition) is 1. The number of rotatable bonds is 1. The van der Waals surface area contributed by atoms with Crippen LogP contribution in [-0.2, 0) is 10.8 Å². The van der Waals surface area contributed by atoms with E-state index in [1.807, 2.05) is 24.3 Å². The van der Waals surface area contributed by atoms with E-state index in [4.69, 9.17) is 4.99 Å². The van der Waals surface area contributed by atoms with E-state index in [0.29, 0.717) is 10.6 Å². The molecule has 0 aromatic heterocycles. The quantitative estimate of drug-likeness (QED) is 0.852. The van der Waals surface area contributed by atoms with E-state index in [0.717, 1.165) is 42.2 Å². The van der Waals surface area contributed by atoms with Crippen LogP contribution in [0, 0.1) is 0 Å². The molecule has 0 amide bonds. The third-order valence-corrected chi connectivity index (χ3v) is 6.12. The molecular weight excluding hydrogens is 336 g/mol. The molecule has 0 saturated carbocycles. The van der Waals surface area contributed by atoms with Crippen molar-refractivity contribution in [3.8, 4) is 0 Å². The minimum atomic E-state index is -1.39. The molecule has 2 heterocycles. The van der Waals surface area contributed by atoms with Gasteiger partial charge in [0.15, 0.2) is 0 Å². The van der Waals surface area contributed by atoms with Crippen molar-refractivity contribution in [2.24, 2.45) is 4.99 Å². The molecule has 2 aromatic carbocycles. The Balaban J connectivity index is 1.93. The van der Waals surface area contributed by atoms with Gasteiger partial charge in [0.05, 0.1) is 31.8 Å². The fraction of sp³-hybridized carbons (Fsp3) is 0.263. The highest BCUT2D eigenvalue weighted by molar-refractivity contribution is 7.85. The molecule has 5 nitrogen and oxygen atoms in total. The molecular formula is C19H18N2O3S. The number of aliphatic imine (C=N–C) groups is 1. The first-order chi connectivity index (χ1) is 12.1. The normalized spacial score (nSPS) is 19.4. The Morgan fingerprint density at radius 2 is 1.80 bits per heavy atom. The maximum absolute atomic E-state index is 13.1. The van der Waals surface area contributed by atoms with Crippen LogP contribution in [0.5, 0.6) is 0 Å². The van der Waals surface area contributed by atoms with Crippen LogP contribution in [0.2, 0.25) is 0 Å². The molecule has 2 aliphatic heterocycles. The molecule has 2 aliphatic rings. The standard InChI is InChI=1S/C19H18N2O3S/c22-19(23)13-8-9-17-15(12-13)20-18(21-10-4-1-5-11-21)14-6-2-3-7-16(14)25(17)24/h2-3,6-9,12H,1,4-5,10-11H2,(H,22,23). The average molecular weight is 354 g/mol. The number of nitrogens with zero attached hydrogens (tertiary/aromatic N) is 2. The van der Waals surface area contributed by atoms with Crippen molar-refractivity contribution in [3.63, 3.8) is 0 Å². The average Bonchev–Trinajstić information content (AvgIpc) is 2.77. The number of fused-ring (bicyclic) bond motifs is 2. The maximum Gasteiger partial charge on any atom is 0.335 e. The van der Waals surface area contributed by atoms with Gasteiger partial charge < -0.3 is 10.0 Å². The number of piperidine rings is 1. The van der Waals surface area contributed by atoms with Crippen molar-refractivity contribution in [3.05, 3.63) is 53.6 Å². The predicted octanol–water partition coefficient (Wildman–Crippen LogP) is 3.43. The van der Waals surface area contributed by atoms with Crippen LogP contribution >= 0.6 is 0 Å². The summed E-state index contributed by atoms with van der Waals surface area (Å²) in [6.45, 7) is 1.82. The molecule has 128 valence electrons. The molecule has 1 N–H and O–H groups in total. The summed E-state index contributed by atoms with van der Waals surface area (Å²) < 4.78 is 13.1. The van der Waals surface area contributed by atoms with Crippen molar-refractivity contribution in [2.45, 2.75) is 29.1 Å². The Hall–Kier alpha value is -2.47. The summed E-state index contributed by atoms with van der Waals surface area (Å²) in [6, 6.07) is 12.2. The number of aromatic carboxylic acids is 1. The number of carbonyl (C=O) groups is 1. The van der Waals surface area contributed by atoms with Gasteiger partial charge in [0.1, 0.15) is 5.84 Å². The van der Waals surface area contributed by atoms with Crippen molar-refractivity contribution in [1.82, 2.24) is 4.90 Å². The monoisotopic (exact) mass is 354 g/mol. The molecule has 1 unspecified atom stereocenters. The van der Waals surface area contributed by atoms with E-state index in [1.165, 1.54) is 18.6 Å². The summed E-state index contributed by atoms with van der Waals surface area (Å²) in [5.41, 5.74) is 1.51. The second kappa shape index (κ2) is 6.44. The van der Waals surface area contributed by atoms with E-state index >= 15 is 0 Å². The molecule has 1 atom stereocenters. The van der Waals surface area contributed by atoms with Crippen LogP contribution in [-0.4, -0.2) is 39.1 Å². The zero-order valence-electron chi connectivity index (χ0n) is 13.6. The van der Waals surface area contributed by atoms with Gasteiger partial charge in [0.2, 0.25) is 0 Å². The van der Waals surface area contributed by atoms with Crippen molar-refractivity contribution in [1.29, 1.82) is 0 Å². The van der Waals surface area contributed by atoms with Crippen LogP contribution in [0.3, 0.4) is 0 Å². The summed E-state index contributed by atoms with van der Waals surface area (Å²) >= 11 is 0. The molecule has 0 spiro atoms. The molecule has 1 saturated heterocycles. The molecule has 25 heavy (non-hydrogen) atoms. The van der Waals surface area contributed by atoms with Gasteiger partial charge in [0.25, 0.3) is 0 Å². The smallest absolute Gasteiger partial charge is 0.335 e. The van der Waals surface area contributed by atoms with Crippen molar-refractivity contribution in [2.75, 3.05) is 13.1 Å². The van der Waals surface area contributed by atoms with E-state index in [1.54, 1.807) is 6.07 Å². The second-order valence-corrected chi connectivity index (χ2v) is 7.65. The number of carboxylic acid groups (broad SMARTS) is 1. The van der Waals surface area contributed by atoms with E-state index in [2.05, 4.69) is 4.90 Å². The van der Waals surface area contributed by atoms with Gasteiger partial charge in [0, 0.05) is 18.7 Å². The van der Waals surface area contributed by atoms with Gasteiger partial charge in [-0.3, -0.25) is 0 Å².